The first-order valence-electron chi connectivity index (χ1n) is 11.7. The molecule has 1 aliphatic rings. The molecule has 0 radical (unpaired) electrons. The Kier molecular flexibility index (Phi) is 8.52. The molecule has 0 fully saturated rings. The highest BCUT2D eigenvalue weighted by Gasteiger charge is 2.75. The molecule has 1 aromatic rings. The van der Waals surface area contributed by atoms with Gasteiger partial charge in [0.15, 0.2) is 5.70 Å². The van der Waals surface area contributed by atoms with Gasteiger partial charge in [-0.15, -0.1) is 15.0 Å². The number of hydrogen-bond donors (Lipinski definition) is 0. The maximum absolute atomic E-state index is 13.0. The van der Waals surface area contributed by atoms with E-state index >= 15 is 0 Å². The van der Waals surface area contributed by atoms with Gasteiger partial charge in [-0.1, -0.05) is 0 Å². The fourth-order valence-corrected chi connectivity index (χ4v) is 5.27. The minimum Gasteiger partial charge on any atom is -0.364 e. The summed E-state index contributed by atoms with van der Waals surface area (Å²) < 4.78 is 41.8. The first-order chi connectivity index (χ1) is 15.9. The quantitative estimate of drug-likeness (QED) is 0.327. The first-order valence-corrected chi connectivity index (χ1v) is 12.9. The van der Waals surface area contributed by atoms with Crippen LogP contribution >= 0.6 is 0 Å². The van der Waals surface area contributed by atoms with Gasteiger partial charge in [-0.2, -0.15) is 14.0 Å². The lowest BCUT2D eigenvalue weighted by atomic mass is 10.1. The highest BCUT2D eigenvalue weighted by Crippen LogP contribution is 2.57. The maximum atomic E-state index is 13.0. The zero-order valence-electron chi connectivity index (χ0n) is 22.9. The zero-order valence-corrected chi connectivity index (χ0v) is 23.6. The Hall–Kier alpha value is -1.96. The molecule has 0 aromatic carbocycles. The van der Waals surface area contributed by atoms with E-state index in [4.69, 9.17) is 4.29 Å². The Balaban J connectivity index is 3.01. The van der Waals surface area contributed by atoms with Crippen LogP contribution < -0.4 is 29.2 Å². The molecular weight excluding hydrogens is 478 g/mol. The molecule has 1 atom stereocenters. The van der Waals surface area contributed by atoms with E-state index in [2.05, 4.69) is 10.2 Å². The van der Waals surface area contributed by atoms with Crippen LogP contribution in [0.4, 0.5) is 11.6 Å². The summed E-state index contributed by atoms with van der Waals surface area (Å²) in [5.74, 6) is 0.223. The van der Waals surface area contributed by atoms with Crippen LogP contribution in [0.3, 0.4) is 0 Å². The van der Waals surface area contributed by atoms with Crippen molar-refractivity contribution in [2.45, 2.75) is 85.3 Å². The number of nitrogens with zero attached hydrogens (tertiary/aromatic N) is 7. The monoisotopic (exact) mass is 517 g/mol. The van der Waals surface area contributed by atoms with Gasteiger partial charge in [0.1, 0.15) is 9.99 Å². The summed E-state index contributed by atoms with van der Waals surface area (Å²) in [5, 5.41) is 8.91. The van der Waals surface area contributed by atoms with Crippen molar-refractivity contribution < 1.29 is 28.5 Å². The SMILES string of the molecule is CC(C)N(C1=C(n2nc(N(C)C)c(=O)c(N(C)C)n2)C1(O[Cl+3]([O-])([O-])[O-])N(C(C)C)C(C)C)C(C)C. The molecule has 12 nitrogen and oxygen atoms in total. The molecular formula is C22H40ClN7O5. The van der Waals surface area contributed by atoms with Crippen LogP contribution in [0, 0.1) is 10.2 Å². The van der Waals surface area contributed by atoms with Crippen LogP contribution in [-0.2, 0) is 4.29 Å². The zero-order chi connectivity index (χ0) is 27.2. The van der Waals surface area contributed by atoms with Crippen LogP contribution in [0.15, 0.2) is 10.5 Å². The average molecular weight is 518 g/mol. The van der Waals surface area contributed by atoms with Crippen molar-refractivity contribution in [2.75, 3.05) is 38.0 Å². The fourth-order valence-electron chi connectivity index (χ4n) is 4.77. The molecule has 0 spiro atoms. The minimum atomic E-state index is -4.84. The third kappa shape index (κ3) is 5.57. The Morgan fingerprint density at radius 2 is 1.20 bits per heavy atom. The van der Waals surface area contributed by atoms with Gasteiger partial charge in [-0.3, -0.25) is 4.79 Å². The Morgan fingerprint density at radius 3 is 1.49 bits per heavy atom. The van der Waals surface area contributed by atoms with Gasteiger partial charge in [0.05, 0.1) is 10.2 Å². The van der Waals surface area contributed by atoms with Crippen LogP contribution in [0.5, 0.6) is 0 Å². The Bertz CT molecular complexity index is 953. The summed E-state index contributed by atoms with van der Waals surface area (Å²) >= 11 is 0. The van der Waals surface area contributed by atoms with E-state index in [1.807, 2.05) is 65.2 Å². The molecule has 35 heavy (non-hydrogen) atoms. The fraction of sp³-hybridized carbons (Fsp3) is 0.773. The van der Waals surface area contributed by atoms with Crippen molar-refractivity contribution in [1.82, 2.24) is 24.8 Å². The third-order valence-corrected chi connectivity index (χ3v) is 6.10. The first kappa shape index (κ1) is 29.3. The standard InChI is InChI=1S/C22H40ClN7O5/c1-13(2)28(14(3)4)18-19(22(18,35-23(32,33)34)29(15(5)6)16(7)8)30-24-20(26(9)10)17(31)21(25-30)27(11)12/h13-16H,1-12H3. The smallest absolute Gasteiger partial charge is 0.364 e. The molecule has 1 aliphatic carbocycles. The van der Waals surface area contributed by atoms with Crippen molar-refractivity contribution in [3.63, 3.8) is 0 Å². The lowest BCUT2D eigenvalue weighted by Crippen LogP contribution is -2.67. The normalized spacial score (nSPS) is 18.5. The van der Waals surface area contributed by atoms with Gasteiger partial charge in [-0.25, -0.2) is 4.90 Å². The summed E-state index contributed by atoms with van der Waals surface area (Å²) in [4.78, 5) is 21.1. The van der Waals surface area contributed by atoms with Crippen LogP contribution in [0.1, 0.15) is 55.4 Å². The number of aromatic nitrogens is 3. The van der Waals surface area contributed by atoms with E-state index in [9.17, 15) is 18.8 Å². The minimum absolute atomic E-state index is 0.0707. The van der Waals surface area contributed by atoms with Crippen LogP contribution in [-0.4, -0.2) is 82.9 Å². The number of halogens is 1. The molecule has 1 heterocycles. The molecule has 0 amide bonds. The van der Waals surface area contributed by atoms with E-state index in [1.54, 1.807) is 38.0 Å². The molecule has 13 heteroatoms. The van der Waals surface area contributed by atoms with Gasteiger partial charge in [-0.05, 0) is 55.4 Å². The summed E-state index contributed by atoms with van der Waals surface area (Å²) in [6.45, 7) is 15.4. The van der Waals surface area contributed by atoms with Crippen molar-refractivity contribution >= 4 is 17.3 Å². The second kappa shape index (κ2) is 10.2. The second-order valence-electron chi connectivity index (χ2n) is 10.2. The highest BCUT2D eigenvalue weighted by molar-refractivity contribution is 5.80. The largest absolute Gasteiger partial charge is 0.366 e. The van der Waals surface area contributed by atoms with Crippen molar-refractivity contribution in [3.05, 3.63) is 15.9 Å². The molecule has 0 N–H and O–H groups in total. The summed E-state index contributed by atoms with van der Waals surface area (Å²) in [6.07, 6.45) is 0. The van der Waals surface area contributed by atoms with Crippen molar-refractivity contribution in [3.8, 4) is 0 Å². The van der Waals surface area contributed by atoms with Gasteiger partial charge < -0.3 is 14.7 Å². The number of rotatable bonds is 11. The Labute approximate surface area is 210 Å². The molecule has 1 unspecified atom stereocenters. The van der Waals surface area contributed by atoms with E-state index in [0.29, 0.717) is 5.70 Å². The van der Waals surface area contributed by atoms with Gasteiger partial charge >= 0.3 is 5.72 Å². The summed E-state index contributed by atoms with van der Waals surface area (Å²) in [7, 11) is 1.90. The van der Waals surface area contributed by atoms with Gasteiger partial charge in [0.2, 0.25) is 11.6 Å². The third-order valence-electron chi connectivity index (χ3n) is 5.69. The molecule has 1 aromatic heterocycles. The lowest BCUT2D eigenvalue weighted by molar-refractivity contribution is -1.92. The maximum Gasteiger partial charge on any atom is 0.366 e. The van der Waals surface area contributed by atoms with E-state index in [1.165, 1.54) is 4.80 Å². The summed E-state index contributed by atoms with van der Waals surface area (Å²) in [5.41, 5.74) is -1.38. The molecule has 200 valence electrons. The molecule has 0 aliphatic heterocycles. The van der Waals surface area contributed by atoms with Gasteiger partial charge in [0.25, 0.3) is 5.43 Å². The lowest BCUT2D eigenvalue weighted by Gasteiger charge is -2.39. The average Bonchev–Trinajstić information content (AvgIpc) is 3.24. The summed E-state index contributed by atoms with van der Waals surface area (Å²) in [6, 6.07) is -0.583. The highest BCUT2D eigenvalue weighted by atomic mass is 35.7. The number of hydrogen-bond acceptors (Lipinski definition) is 11. The van der Waals surface area contributed by atoms with Crippen molar-refractivity contribution in [1.29, 1.82) is 0 Å². The predicted octanol–water partition coefficient (Wildman–Crippen LogP) is -1.20. The topological polar surface area (TPSA) is 139 Å². The molecule has 2 rings (SSSR count). The van der Waals surface area contributed by atoms with Crippen LogP contribution in [0.25, 0.3) is 5.70 Å². The second-order valence-corrected chi connectivity index (χ2v) is 11.2. The van der Waals surface area contributed by atoms with Crippen molar-refractivity contribution in [2.24, 2.45) is 0 Å². The number of anilines is 2. The van der Waals surface area contributed by atoms with Crippen LogP contribution in [0.2, 0.25) is 0 Å². The predicted molar refractivity (Wildman–Crippen MR) is 126 cm³/mol. The van der Waals surface area contributed by atoms with E-state index in [-0.39, 0.29) is 46.9 Å². The van der Waals surface area contributed by atoms with E-state index < -0.39 is 16.0 Å². The Morgan fingerprint density at radius 1 is 0.800 bits per heavy atom. The molecule has 0 saturated carbocycles. The molecule has 0 bridgehead atoms. The van der Waals surface area contributed by atoms with E-state index in [0.717, 1.165) is 0 Å². The van der Waals surface area contributed by atoms with Gasteiger partial charge in [0, 0.05) is 52.4 Å². The molecule has 0 saturated heterocycles.